The fourth-order valence-electron chi connectivity index (χ4n) is 3.33. The molecule has 1 aliphatic carbocycles. The summed E-state index contributed by atoms with van der Waals surface area (Å²) in [5, 5.41) is 5.64. The van der Waals surface area contributed by atoms with Gasteiger partial charge in [-0.3, -0.25) is 0 Å². The number of halogens is 3. The largest absolute Gasteiger partial charge is 0.391 e. The van der Waals surface area contributed by atoms with Crippen molar-refractivity contribution in [3.05, 3.63) is 21.9 Å². The van der Waals surface area contributed by atoms with Crippen LogP contribution in [0.1, 0.15) is 55.5 Å². The van der Waals surface area contributed by atoms with Gasteiger partial charge in [0.2, 0.25) is 0 Å². The molecule has 1 fully saturated rings. The van der Waals surface area contributed by atoms with Gasteiger partial charge in [-0.2, -0.15) is 13.2 Å². The van der Waals surface area contributed by atoms with Crippen molar-refractivity contribution in [2.45, 2.75) is 58.2 Å². The van der Waals surface area contributed by atoms with Crippen LogP contribution in [-0.4, -0.2) is 12.7 Å². The topological polar surface area (TPSA) is 12.0 Å². The Labute approximate surface area is 128 Å². The van der Waals surface area contributed by atoms with Gasteiger partial charge in [0.05, 0.1) is 5.92 Å². The molecule has 1 aromatic rings. The Hall–Kier alpha value is -0.550. The number of hydrogen-bond acceptors (Lipinski definition) is 2. The van der Waals surface area contributed by atoms with Crippen LogP contribution in [0.2, 0.25) is 0 Å². The van der Waals surface area contributed by atoms with Gasteiger partial charge in [-0.05, 0) is 68.5 Å². The van der Waals surface area contributed by atoms with Crippen LogP contribution in [0.15, 0.2) is 11.4 Å². The molecule has 2 rings (SSSR count). The summed E-state index contributed by atoms with van der Waals surface area (Å²) in [6, 6.07) is 2.34. The van der Waals surface area contributed by atoms with Crippen LogP contribution in [0, 0.1) is 18.8 Å². The molecule has 1 N–H and O–H groups in total. The first kappa shape index (κ1) is 16.8. The van der Waals surface area contributed by atoms with Gasteiger partial charge in [0, 0.05) is 10.9 Å². The van der Waals surface area contributed by atoms with E-state index in [1.807, 2.05) is 0 Å². The lowest BCUT2D eigenvalue weighted by molar-refractivity contribution is -0.184. The van der Waals surface area contributed by atoms with Gasteiger partial charge in [-0.25, -0.2) is 0 Å². The molecule has 0 amide bonds. The first-order chi connectivity index (χ1) is 9.93. The zero-order chi connectivity index (χ0) is 15.5. The highest BCUT2D eigenvalue weighted by Crippen LogP contribution is 2.44. The van der Waals surface area contributed by atoms with Gasteiger partial charge < -0.3 is 5.32 Å². The van der Waals surface area contributed by atoms with Gasteiger partial charge in [0.25, 0.3) is 0 Å². The molecule has 0 aliphatic heterocycles. The fraction of sp³-hybridized carbons (Fsp3) is 0.750. The maximum atomic E-state index is 12.8. The highest BCUT2D eigenvalue weighted by Gasteiger charge is 2.42. The summed E-state index contributed by atoms with van der Waals surface area (Å²) in [5.41, 5.74) is 1.28. The third-order valence-electron chi connectivity index (χ3n) is 4.55. The lowest BCUT2D eigenvalue weighted by Crippen LogP contribution is -2.34. The molecule has 5 heteroatoms. The standard InChI is InChI=1S/C16H24F3NS/c1-3-9-20-15(14-8-10-21-11(14)2)12-4-6-13(7-5-12)16(17,18)19/h8,10,12-13,15,20H,3-7,9H2,1-2H3. The number of aryl methyl sites for hydroxylation is 1. The van der Waals surface area contributed by atoms with E-state index in [2.05, 4.69) is 30.6 Å². The first-order valence-electron chi connectivity index (χ1n) is 7.77. The van der Waals surface area contributed by atoms with E-state index >= 15 is 0 Å². The molecule has 1 aliphatic rings. The quantitative estimate of drug-likeness (QED) is 0.759. The fourth-order valence-corrected chi connectivity index (χ4v) is 4.08. The van der Waals surface area contributed by atoms with Gasteiger partial charge in [0.15, 0.2) is 0 Å². The summed E-state index contributed by atoms with van der Waals surface area (Å²) < 4.78 is 38.4. The average Bonchev–Trinajstić information content (AvgIpc) is 2.85. The Morgan fingerprint density at radius 3 is 2.43 bits per heavy atom. The van der Waals surface area contributed by atoms with E-state index < -0.39 is 12.1 Å². The van der Waals surface area contributed by atoms with E-state index in [-0.39, 0.29) is 18.9 Å². The Bertz CT molecular complexity index is 433. The molecule has 120 valence electrons. The molecule has 0 saturated heterocycles. The Morgan fingerprint density at radius 2 is 1.95 bits per heavy atom. The zero-order valence-electron chi connectivity index (χ0n) is 12.7. The second kappa shape index (κ2) is 7.14. The number of rotatable bonds is 5. The zero-order valence-corrected chi connectivity index (χ0v) is 13.5. The predicted octanol–water partition coefficient (Wildman–Crippen LogP) is 5.47. The third kappa shape index (κ3) is 4.22. The summed E-state index contributed by atoms with van der Waals surface area (Å²) in [4.78, 5) is 1.28. The predicted molar refractivity (Wildman–Crippen MR) is 81.6 cm³/mol. The van der Waals surface area contributed by atoms with Gasteiger partial charge in [-0.1, -0.05) is 6.92 Å². The summed E-state index contributed by atoms with van der Waals surface area (Å²) in [6.45, 7) is 5.13. The smallest absolute Gasteiger partial charge is 0.310 e. The summed E-state index contributed by atoms with van der Waals surface area (Å²) in [5.74, 6) is -0.771. The Balaban J connectivity index is 2.04. The van der Waals surface area contributed by atoms with Crippen LogP contribution in [0.25, 0.3) is 0 Å². The molecule has 1 nitrogen and oxygen atoms in total. The van der Waals surface area contributed by atoms with E-state index in [1.54, 1.807) is 11.3 Å². The molecular formula is C16H24F3NS. The van der Waals surface area contributed by atoms with E-state index in [0.29, 0.717) is 18.8 Å². The van der Waals surface area contributed by atoms with Gasteiger partial charge in [-0.15, -0.1) is 11.3 Å². The Kier molecular flexibility index (Phi) is 5.72. The van der Waals surface area contributed by atoms with Gasteiger partial charge >= 0.3 is 6.18 Å². The monoisotopic (exact) mass is 319 g/mol. The number of alkyl halides is 3. The maximum Gasteiger partial charge on any atom is 0.391 e. The van der Waals surface area contributed by atoms with Gasteiger partial charge in [0.1, 0.15) is 0 Å². The molecule has 21 heavy (non-hydrogen) atoms. The van der Waals surface area contributed by atoms with Crippen LogP contribution in [-0.2, 0) is 0 Å². The van der Waals surface area contributed by atoms with Crippen LogP contribution in [0.5, 0.6) is 0 Å². The second-order valence-corrected chi connectivity index (χ2v) is 7.14. The molecule has 1 unspecified atom stereocenters. The SMILES string of the molecule is CCCNC(c1ccsc1C)C1CCC(C(F)(F)F)CC1. The molecule has 1 saturated carbocycles. The molecule has 0 spiro atoms. The van der Waals surface area contributed by atoms with Crippen molar-refractivity contribution in [3.63, 3.8) is 0 Å². The first-order valence-corrected chi connectivity index (χ1v) is 8.65. The van der Waals surface area contributed by atoms with Crippen molar-refractivity contribution >= 4 is 11.3 Å². The van der Waals surface area contributed by atoms with Crippen molar-refractivity contribution < 1.29 is 13.2 Å². The molecular weight excluding hydrogens is 295 g/mol. The van der Waals surface area contributed by atoms with E-state index in [9.17, 15) is 13.2 Å². The lowest BCUT2D eigenvalue weighted by Gasteiger charge is -2.35. The minimum atomic E-state index is -4.02. The summed E-state index contributed by atoms with van der Waals surface area (Å²) in [6.07, 6.45) is -1.09. The van der Waals surface area contributed by atoms with E-state index in [1.165, 1.54) is 10.4 Å². The van der Waals surface area contributed by atoms with E-state index in [0.717, 1.165) is 13.0 Å². The van der Waals surface area contributed by atoms with Crippen LogP contribution < -0.4 is 5.32 Å². The molecule has 0 aromatic carbocycles. The molecule has 1 atom stereocenters. The van der Waals surface area contributed by atoms with Crippen molar-refractivity contribution in [2.24, 2.45) is 11.8 Å². The second-order valence-electron chi connectivity index (χ2n) is 6.02. The van der Waals surface area contributed by atoms with Crippen molar-refractivity contribution in [1.29, 1.82) is 0 Å². The van der Waals surface area contributed by atoms with Crippen LogP contribution in [0.3, 0.4) is 0 Å². The molecule has 1 heterocycles. The lowest BCUT2D eigenvalue weighted by atomic mass is 9.76. The van der Waals surface area contributed by atoms with Crippen LogP contribution in [0.4, 0.5) is 13.2 Å². The summed E-state index contributed by atoms with van der Waals surface area (Å²) >= 11 is 1.71. The number of hydrogen-bond donors (Lipinski definition) is 1. The summed E-state index contributed by atoms with van der Waals surface area (Å²) in [7, 11) is 0. The van der Waals surface area contributed by atoms with E-state index in [4.69, 9.17) is 0 Å². The maximum absolute atomic E-state index is 12.8. The third-order valence-corrected chi connectivity index (χ3v) is 5.42. The molecule has 0 radical (unpaired) electrons. The highest BCUT2D eigenvalue weighted by atomic mass is 32.1. The normalized spacial score (nSPS) is 25.0. The molecule has 1 aromatic heterocycles. The highest BCUT2D eigenvalue weighted by molar-refractivity contribution is 7.10. The van der Waals surface area contributed by atoms with Crippen molar-refractivity contribution in [3.8, 4) is 0 Å². The molecule has 0 bridgehead atoms. The minimum absolute atomic E-state index is 0.213. The Morgan fingerprint density at radius 1 is 1.29 bits per heavy atom. The van der Waals surface area contributed by atoms with Crippen molar-refractivity contribution in [1.82, 2.24) is 5.32 Å². The number of thiophene rings is 1. The van der Waals surface area contributed by atoms with Crippen molar-refractivity contribution in [2.75, 3.05) is 6.54 Å². The minimum Gasteiger partial charge on any atom is -0.310 e. The average molecular weight is 319 g/mol. The number of nitrogens with one attached hydrogen (secondary N) is 1. The van der Waals surface area contributed by atoms with Crippen LogP contribution >= 0.6 is 11.3 Å².